The van der Waals surface area contributed by atoms with Crippen LogP contribution in [0.2, 0.25) is 0 Å². The van der Waals surface area contributed by atoms with E-state index in [2.05, 4.69) is 23.2 Å². The summed E-state index contributed by atoms with van der Waals surface area (Å²) < 4.78 is 0. The highest BCUT2D eigenvalue weighted by atomic mass is 14.6. The first-order chi connectivity index (χ1) is 4.38. The summed E-state index contributed by atoms with van der Waals surface area (Å²) in [6.07, 6.45) is 6.10. The predicted molar refractivity (Wildman–Crippen MR) is 40.3 cm³/mol. The Morgan fingerprint density at radius 3 is 2.56 bits per heavy atom. The van der Waals surface area contributed by atoms with Crippen molar-refractivity contribution in [2.75, 3.05) is 0 Å². The summed E-state index contributed by atoms with van der Waals surface area (Å²) in [5.41, 5.74) is 0. The standard InChI is InChI=1S/C8H11N/c1-3-7-5-6-9-8(7)4-2/h3-6,9H,1-2H3/b7-3-,8-4+. The van der Waals surface area contributed by atoms with Crippen LogP contribution in [0.3, 0.4) is 0 Å². The lowest BCUT2D eigenvalue weighted by atomic mass is 10.4. The molecule has 0 atom stereocenters. The van der Waals surface area contributed by atoms with Gasteiger partial charge in [0.05, 0.1) is 0 Å². The quantitative estimate of drug-likeness (QED) is 0.518. The molecular weight excluding hydrogens is 110 g/mol. The summed E-state index contributed by atoms with van der Waals surface area (Å²) in [5.74, 6) is 0. The lowest BCUT2D eigenvalue weighted by molar-refractivity contribution is 1.31. The van der Waals surface area contributed by atoms with Gasteiger partial charge in [0.2, 0.25) is 0 Å². The second kappa shape index (κ2) is 2.53. The van der Waals surface area contributed by atoms with E-state index >= 15 is 0 Å². The summed E-state index contributed by atoms with van der Waals surface area (Å²) in [7, 11) is 0. The predicted octanol–water partition coefficient (Wildman–Crippen LogP) is 0.615. The Balaban J connectivity index is 3.50. The lowest BCUT2D eigenvalue weighted by Crippen LogP contribution is -2.20. The van der Waals surface area contributed by atoms with Crippen molar-refractivity contribution in [1.29, 1.82) is 0 Å². The highest BCUT2D eigenvalue weighted by molar-refractivity contribution is 5.25. The highest BCUT2D eigenvalue weighted by Crippen LogP contribution is 1.63. The molecule has 0 aliphatic carbocycles. The second-order valence-corrected chi connectivity index (χ2v) is 1.92. The van der Waals surface area contributed by atoms with Gasteiger partial charge in [0.15, 0.2) is 0 Å². The zero-order chi connectivity index (χ0) is 6.69. The zero-order valence-electron chi connectivity index (χ0n) is 5.81. The minimum absolute atomic E-state index is 1.21. The van der Waals surface area contributed by atoms with Crippen molar-refractivity contribution in [3.63, 3.8) is 0 Å². The average molecular weight is 121 g/mol. The maximum atomic E-state index is 3.12. The fourth-order valence-corrected chi connectivity index (χ4v) is 0.896. The molecule has 1 aromatic rings. The van der Waals surface area contributed by atoms with Gasteiger partial charge in [0.25, 0.3) is 0 Å². The van der Waals surface area contributed by atoms with Crippen LogP contribution in [0.4, 0.5) is 0 Å². The Kier molecular flexibility index (Phi) is 1.73. The Morgan fingerprint density at radius 2 is 2.11 bits per heavy atom. The minimum Gasteiger partial charge on any atom is -0.361 e. The fraction of sp³-hybridized carbons (Fsp3) is 0.250. The molecule has 0 aromatic carbocycles. The maximum absolute atomic E-state index is 3.12. The Hall–Kier alpha value is -0.980. The van der Waals surface area contributed by atoms with Gasteiger partial charge in [-0.25, -0.2) is 0 Å². The van der Waals surface area contributed by atoms with E-state index in [0.717, 1.165) is 0 Å². The molecule has 1 rings (SSSR count). The summed E-state index contributed by atoms with van der Waals surface area (Å²) in [4.78, 5) is 3.12. The largest absolute Gasteiger partial charge is 0.361 e. The number of aromatic amines is 1. The molecule has 1 nitrogen and oxygen atoms in total. The van der Waals surface area contributed by atoms with E-state index in [0.29, 0.717) is 0 Å². The molecule has 0 spiro atoms. The van der Waals surface area contributed by atoms with Gasteiger partial charge in [-0.15, -0.1) is 0 Å². The van der Waals surface area contributed by atoms with Crippen molar-refractivity contribution in [2.24, 2.45) is 0 Å². The van der Waals surface area contributed by atoms with Crippen LogP contribution in [-0.2, 0) is 0 Å². The minimum atomic E-state index is 1.21. The molecule has 0 unspecified atom stereocenters. The molecule has 1 heterocycles. The first-order valence-electron chi connectivity index (χ1n) is 3.14. The van der Waals surface area contributed by atoms with Gasteiger partial charge in [-0.05, 0) is 25.1 Å². The smallest absolute Gasteiger partial charge is 0.0407 e. The summed E-state index contributed by atoms with van der Waals surface area (Å²) in [6, 6.07) is 2.06. The van der Waals surface area contributed by atoms with Crippen molar-refractivity contribution in [1.82, 2.24) is 4.98 Å². The molecule has 0 amide bonds. The molecule has 1 heteroatoms. The van der Waals surface area contributed by atoms with E-state index in [1.54, 1.807) is 0 Å². The van der Waals surface area contributed by atoms with Crippen LogP contribution in [0, 0.1) is 0 Å². The van der Waals surface area contributed by atoms with Crippen LogP contribution >= 0.6 is 0 Å². The lowest BCUT2D eigenvalue weighted by Gasteiger charge is -1.72. The molecule has 0 bridgehead atoms. The fourth-order valence-electron chi connectivity index (χ4n) is 0.896. The average Bonchev–Trinajstić information content (AvgIpc) is 2.33. The van der Waals surface area contributed by atoms with Crippen LogP contribution in [0.25, 0.3) is 12.2 Å². The Bertz CT molecular complexity index is 251. The van der Waals surface area contributed by atoms with E-state index < -0.39 is 0 Å². The summed E-state index contributed by atoms with van der Waals surface area (Å²) >= 11 is 0. The summed E-state index contributed by atoms with van der Waals surface area (Å²) in [5, 5.41) is 2.48. The molecule has 0 saturated heterocycles. The number of hydrogen-bond donors (Lipinski definition) is 1. The van der Waals surface area contributed by atoms with Crippen molar-refractivity contribution < 1.29 is 0 Å². The van der Waals surface area contributed by atoms with Gasteiger partial charge < -0.3 is 4.98 Å². The third-order valence-corrected chi connectivity index (χ3v) is 1.41. The van der Waals surface area contributed by atoms with E-state index in [9.17, 15) is 0 Å². The molecule has 0 saturated carbocycles. The number of H-pyrrole nitrogens is 1. The van der Waals surface area contributed by atoms with E-state index in [1.165, 1.54) is 10.6 Å². The first-order valence-corrected chi connectivity index (χ1v) is 3.14. The van der Waals surface area contributed by atoms with Crippen molar-refractivity contribution in [3.05, 3.63) is 22.8 Å². The van der Waals surface area contributed by atoms with Crippen LogP contribution in [0.1, 0.15) is 13.8 Å². The van der Waals surface area contributed by atoms with Gasteiger partial charge in [-0.3, -0.25) is 0 Å². The van der Waals surface area contributed by atoms with E-state index in [4.69, 9.17) is 0 Å². The molecular formula is C8H11N. The van der Waals surface area contributed by atoms with E-state index in [-0.39, 0.29) is 0 Å². The Labute approximate surface area is 54.7 Å². The Morgan fingerprint density at radius 1 is 1.33 bits per heavy atom. The van der Waals surface area contributed by atoms with Crippen molar-refractivity contribution >= 4 is 12.2 Å². The normalized spacial score (nSPS) is 14.9. The first kappa shape index (κ1) is 6.14. The van der Waals surface area contributed by atoms with Crippen molar-refractivity contribution in [3.8, 4) is 0 Å². The molecule has 0 aliphatic heterocycles. The third-order valence-electron chi connectivity index (χ3n) is 1.41. The molecule has 1 aromatic heterocycles. The number of hydrogen-bond acceptors (Lipinski definition) is 0. The monoisotopic (exact) mass is 121 g/mol. The SMILES string of the molecule is C/C=c1/cc[nH]/c1=C/C. The zero-order valence-corrected chi connectivity index (χ0v) is 5.81. The molecule has 48 valence electrons. The number of aromatic nitrogens is 1. The van der Waals surface area contributed by atoms with Gasteiger partial charge in [0.1, 0.15) is 0 Å². The van der Waals surface area contributed by atoms with Crippen LogP contribution < -0.4 is 10.6 Å². The summed E-state index contributed by atoms with van der Waals surface area (Å²) in [6.45, 7) is 4.06. The highest BCUT2D eigenvalue weighted by Gasteiger charge is 1.78. The van der Waals surface area contributed by atoms with Gasteiger partial charge in [0, 0.05) is 11.5 Å². The molecule has 9 heavy (non-hydrogen) atoms. The van der Waals surface area contributed by atoms with Gasteiger partial charge in [-0.1, -0.05) is 12.2 Å². The molecule has 1 N–H and O–H groups in total. The second-order valence-electron chi connectivity index (χ2n) is 1.92. The maximum Gasteiger partial charge on any atom is 0.0407 e. The van der Waals surface area contributed by atoms with Crippen LogP contribution in [0.5, 0.6) is 0 Å². The van der Waals surface area contributed by atoms with Gasteiger partial charge >= 0.3 is 0 Å². The van der Waals surface area contributed by atoms with E-state index in [1.807, 2.05) is 20.0 Å². The number of rotatable bonds is 0. The van der Waals surface area contributed by atoms with Gasteiger partial charge in [-0.2, -0.15) is 0 Å². The molecule has 0 aliphatic rings. The van der Waals surface area contributed by atoms with Crippen molar-refractivity contribution in [2.45, 2.75) is 13.8 Å². The number of nitrogens with one attached hydrogen (secondary N) is 1. The van der Waals surface area contributed by atoms with Crippen LogP contribution in [-0.4, -0.2) is 4.98 Å². The van der Waals surface area contributed by atoms with Crippen LogP contribution in [0.15, 0.2) is 12.3 Å². The third kappa shape index (κ3) is 1.04. The topological polar surface area (TPSA) is 15.8 Å². The molecule has 0 fully saturated rings. The molecule has 0 radical (unpaired) electrons.